The summed E-state index contributed by atoms with van der Waals surface area (Å²) in [6.45, 7) is 1.44. The van der Waals surface area contributed by atoms with Crippen molar-refractivity contribution >= 4 is 21.8 Å². The normalized spacial score (nSPS) is 10.5. The molecule has 0 radical (unpaired) electrons. The summed E-state index contributed by atoms with van der Waals surface area (Å²) in [5.41, 5.74) is 0. The van der Waals surface area contributed by atoms with E-state index in [4.69, 9.17) is 13.9 Å². The molecule has 0 aliphatic heterocycles. The first-order chi connectivity index (χ1) is 10.7. The summed E-state index contributed by atoms with van der Waals surface area (Å²) in [6.07, 6.45) is 0.766. The van der Waals surface area contributed by atoms with E-state index in [0.717, 1.165) is 16.6 Å². The number of ether oxygens (including phenoxy) is 2. The van der Waals surface area contributed by atoms with Gasteiger partial charge in [0, 0.05) is 24.7 Å². The van der Waals surface area contributed by atoms with Crippen LogP contribution in [0.4, 0.5) is 0 Å². The number of carbonyl (C=O) groups excluding carboxylic acids is 1. The van der Waals surface area contributed by atoms with Crippen molar-refractivity contribution in [3.05, 3.63) is 52.4 Å². The van der Waals surface area contributed by atoms with Crippen LogP contribution in [0.1, 0.15) is 22.7 Å². The van der Waals surface area contributed by atoms with Gasteiger partial charge < -0.3 is 19.2 Å². The third-order valence-electron chi connectivity index (χ3n) is 2.87. The zero-order valence-corrected chi connectivity index (χ0v) is 13.9. The Morgan fingerprint density at radius 1 is 1.32 bits per heavy atom. The molecule has 0 saturated carbocycles. The van der Waals surface area contributed by atoms with Crippen molar-refractivity contribution in [3.8, 4) is 5.75 Å². The van der Waals surface area contributed by atoms with Gasteiger partial charge in [-0.15, -0.1) is 0 Å². The first-order valence-electron chi connectivity index (χ1n) is 6.93. The van der Waals surface area contributed by atoms with Crippen LogP contribution < -0.4 is 10.1 Å². The summed E-state index contributed by atoms with van der Waals surface area (Å²) < 4.78 is 16.9. The van der Waals surface area contributed by atoms with Crippen molar-refractivity contribution in [1.29, 1.82) is 0 Å². The van der Waals surface area contributed by atoms with Gasteiger partial charge in [0.2, 0.25) is 0 Å². The Hall–Kier alpha value is -1.79. The molecule has 2 rings (SSSR count). The summed E-state index contributed by atoms with van der Waals surface area (Å²) in [5, 5.41) is 2.77. The molecular weight excluding hydrogens is 350 g/mol. The Labute approximate surface area is 137 Å². The van der Waals surface area contributed by atoms with E-state index in [0.29, 0.717) is 18.9 Å². The molecule has 2 aromatic rings. The molecule has 0 saturated heterocycles. The van der Waals surface area contributed by atoms with Gasteiger partial charge in [0.15, 0.2) is 5.76 Å². The van der Waals surface area contributed by atoms with Crippen LogP contribution in [0, 0.1) is 0 Å². The molecule has 0 aliphatic rings. The predicted molar refractivity (Wildman–Crippen MR) is 86.0 cm³/mol. The van der Waals surface area contributed by atoms with E-state index in [-0.39, 0.29) is 18.3 Å². The van der Waals surface area contributed by atoms with Crippen LogP contribution in [0.3, 0.4) is 0 Å². The van der Waals surface area contributed by atoms with Gasteiger partial charge in [-0.1, -0.05) is 22.0 Å². The number of carbonyl (C=O) groups is 1. The Kier molecular flexibility index (Phi) is 6.48. The molecule has 1 amide bonds. The van der Waals surface area contributed by atoms with Crippen LogP contribution >= 0.6 is 15.9 Å². The first kappa shape index (κ1) is 16.6. The summed E-state index contributed by atoms with van der Waals surface area (Å²) in [4.78, 5) is 11.8. The largest absolute Gasteiger partial charge is 0.486 e. The smallest absolute Gasteiger partial charge is 0.286 e. The number of rotatable bonds is 8. The number of benzene rings is 1. The fourth-order valence-electron chi connectivity index (χ4n) is 1.79. The second-order valence-electron chi connectivity index (χ2n) is 4.61. The molecule has 22 heavy (non-hydrogen) atoms. The van der Waals surface area contributed by atoms with Gasteiger partial charge in [0.05, 0.1) is 0 Å². The van der Waals surface area contributed by atoms with Gasteiger partial charge >= 0.3 is 0 Å². The molecule has 5 nitrogen and oxygen atoms in total. The molecule has 0 bridgehead atoms. The summed E-state index contributed by atoms with van der Waals surface area (Å²) >= 11 is 3.38. The lowest BCUT2D eigenvalue weighted by Gasteiger charge is -2.04. The maximum atomic E-state index is 11.8. The van der Waals surface area contributed by atoms with Crippen LogP contribution in [0.15, 0.2) is 45.3 Å². The lowest BCUT2D eigenvalue weighted by Crippen LogP contribution is -2.24. The quantitative estimate of drug-likeness (QED) is 0.726. The molecule has 6 heteroatoms. The number of furan rings is 1. The van der Waals surface area contributed by atoms with Crippen molar-refractivity contribution in [3.63, 3.8) is 0 Å². The van der Waals surface area contributed by atoms with E-state index in [9.17, 15) is 4.79 Å². The Morgan fingerprint density at radius 2 is 2.18 bits per heavy atom. The average Bonchev–Trinajstić information content (AvgIpc) is 2.98. The molecule has 118 valence electrons. The van der Waals surface area contributed by atoms with Crippen molar-refractivity contribution in [1.82, 2.24) is 5.32 Å². The number of amides is 1. The second kappa shape index (κ2) is 8.60. The number of halogens is 1. The maximum Gasteiger partial charge on any atom is 0.286 e. The Morgan fingerprint density at radius 3 is 2.95 bits per heavy atom. The minimum absolute atomic E-state index is 0.232. The predicted octanol–water partition coefficient (Wildman–Crippen LogP) is 3.39. The molecule has 1 N–H and O–H groups in total. The maximum absolute atomic E-state index is 11.8. The SMILES string of the molecule is COCCCNC(=O)c1ccc(COc2cccc(Br)c2)o1. The van der Waals surface area contributed by atoms with Crippen molar-refractivity contribution in [2.45, 2.75) is 13.0 Å². The lowest BCUT2D eigenvalue weighted by atomic mass is 10.3. The van der Waals surface area contributed by atoms with Crippen molar-refractivity contribution in [2.75, 3.05) is 20.3 Å². The van der Waals surface area contributed by atoms with Crippen LogP contribution in [0.2, 0.25) is 0 Å². The zero-order chi connectivity index (χ0) is 15.8. The van der Waals surface area contributed by atoms with Gasteiger partial charge in [-0.25, -0.2) is 0 Å². The fourth-order valence-corrected chi connectivity index (χ4v) is 2.17. The topological polar surface area (TPSA) is 60.7 Å². The highest BCUT2D eigenvalue weighted by Crippen LogP contribution is 2.19. The van der Waals surface area contributed by atoms with Crippen LogP contribution in [-0.2, 0) is 11.3 Å². The van der Waals surface area contributed by atoms with Gasteiger partial charge in [0.25, 0.3) is 5.91 Å². The molecule has 0 atom stereocenters. The van der Waals surface area contributed by atoms with Crippen LogP contribution in [0.25, 0.3) is 0 Å². The van der Waals surface area contributed by atoms with Gasteiger partial charge in [-0.3, -0.25) is 4.79 Å². The Balaban J connectivity index is 1.82. The van der Waals surface area contributed by atoms with E-state index in [1.54, 1.807) is 19.2 Å². The summed E-state index contributed by atoms with van der Waals surface area (Å²) in [5.74, 6) is 1.38. The monoisotopic (exact) mass is 367 g/mol. The molecule has 1 aromatic carbocycles. The highest BCUT2D eigenvalue weighted by molar-refractivity contribution is 9.10. The van der Waals surface area contributed by atoms with E-state index in [2.05, 4.69) is 21.2 Å². The third kappa shape index (κ3) is 5.20. The summed E-state index contributed by atoms with van der Waals surface area (Å²) in [7, 11) is 1.63. The van der Waals surface area contributed by atoms with Crippen molar-refractivity contribution in [2.24, 2.45) is 0 Å². The molecule has 0 fully saturated rings. The second-order valence-corrected chi connectivity index (χ2v) is 5.53. The molecular formula is C16H18BrNO4. The van der Waals surface area contributed by atoms with Crippen molar-refractivity contribution < 1.29 is 18.7 Å². The highest BCUT2D eigenvalue weighted by Gasteiger charge is 2.11. The number of hydrogen-bond acceptors (Lipinski definition) is 4. The molecule has 0 aliphatic carbocycles. The molecule has 1 heterocycles. The van der Waals surface area contributed by atoms with E-state index in [1.807, 2.05) is 24.3 Å². The third-order valence-corrected chi connectivity index (χ3v) is 3.37. The van der Waals surface area contributed by atoms with E-state index >= 15 is 0 Å². The molecule has 1 aromatic heterocycles. The van der Waals surface area contributed by atoms with Gasteiger partial charge in [0.1, 0.15) is 18.1 Å². The minimum atomic E-state index is -0.232. The summed E-state index contributed by atoms with van der Waals surface area (Å²) in [6, 6.07) is 10.9. The molecule has 0 unspecified atom stereocenters. The number of methoxy groups -OCH3 is 1. The van der Waals surface area contributed by atoms with Gasteiger partial charge in [-0.05, 0) is 36.8 Å². The highest BCUT2D eigenvalue weighted by atomic mass is 79.9. The average molecular weight is 368 g/mol. The van der Waals surface area contributed by atoms with Crippen LogP contribution in [-0.4, -0.2) is 26.2 Å². The number of nitrogens with one attached hydrogen (secondary N) is 1. The fraction of sp³-hybridized carbons (Fsp3) is 0.312. The lowest BCUT2D eigenvalue weighted by molar-refractivity contribution is 0.0917. The van der Waals surface area contributed by atoms with E-state index in [1.165, 1.54) is 0 Å². The van der Waals surface area contributed by atoms with E-state index < -0.39 is 0 Å². The Bertz CT molecular complexity index is 612. The number of hydrogen-bond donors (Lipinski definition) is 1. The van der Waals surface area contributed by atoms with Crippen LogP contribution in [0.5, 0.6) is 5.75 Å². The zero-order valence-electron chi connectivity index (χ0n) is 12.3. The standard InChI is InChI=1S/C16H18BrNO4/c1-20-9-3-8-18-16(19)15-7-6-14(22-15)11-21-13-5-2-4-12(17)10-13/h2,4-7,10H,3,8-9,11H2,1H3,(H,18,19). The minimum Gasteiger partial charge on any atom is -0.486 e. The van der Waals surface area contributed by atoms with Gasteiger partial charge in [-0.2, -0.15) is 0 Å². The molecule has 0 spiro atoms. The first-order valence-corrected chi connectivity index (χ1v) is 7.72.